The minimum Gasteiger partial charge on any atom is -0.502 e. The molecular formula is C12H19NO4. The van der Waals surface area contributed by atoms with Crippen LogP contribution in [0.1, 0.15) is 24.4 Å². The van der Waals surface area contributed by atoms with Crippen molar-refractivity contribution in [3.63, 3.8) is 0 Å². The van der Waals surface area contributed by atoms with E-state index in [0.29, 0.717) is 24.3 Å². The van der Waals surface area contributed by atoms with Crippen molar-refractivity contribution < 1.29 is 19.7 Å². The van der Waals surface area contributed by atoms with Gasteiger partial charge in [0.15, 0.2) is 11.5 Å². The summed E-state index contributed by atoms with van der Waals surface area (Å²) < 4.78 is 10.1. The third kappa shape index (κ3) is 3.25. The van der Waals surface area contributed by atoms with E-state index in [2.05, 4.69) is 0 Å². The van der Waals surface area contributed by atoms with Gasteiger partial charge in [0, 0.05) is 12.6 Å². The molecule has 0 aromatic heterocycles. The fraction of sp³-hybridized carbons (Fsp3) is 0.500. The van der Waals surface area contributed by atoms with Crippen LogP contribution in [0, 0.1) is 0 Å². The lowest BCUT2D eigenvalue weighted by molar-refractivity contribution is 0.279. The molecule has 5 nitrogen and oxygen atoms in total. The van der Waals surface area contributed by atoms with E-state index in [0.717, 1.165) is 5.56 Å². The Morgan fingerprint density at radius 2 is 1.76 bits per heavy atom. The molecule has 0 heterocycles. The number of benzene rings is 1. The summed E-state index contributed by atoms with van der Waals surface area (Å²) in [6.07, 6.45) is 1.29. The van der Waals surface area contributed by atoms with Crippen molar-refractivity contribution in [2.75, 3.05) is 20.8 Å². The van der Waals surface area contributed by atoms with Gasteiger partial charge in [-0.05, 0) is 30.5 Å². The number of phenolic OH excluding ortho intramolecular Hbond substituents is 1. The van der Waals surface area contributed by atoms with Crippen molar-refractivity contribution in [2.24, 2.45) is 5.73 Å². The van der Waals surface area contributed by atoms with Crippen LogP contribution in [0.15, 0.2) is 12.1 Å². The molecule has 1 aromatic rings. The Morgan fingerprint density at radius 1 is 1.24 bits per heavy atom. The van der Waals surface area contributed by atoms with E-state index >= 15 is 0 Å². The molecule has 1 aromatic carbocycles. The highest BCUT2D eigenvalue weighted by Gasteiger charge is 2.14. The van der Waals surface area contributed by atoms with Crippen molar-refractivity contribution in [2.45, 2.75) is 18.9 Å². The number of methoxy groups -OCH3 is 2. The van der Waals surface area contributed by atoms with Gasteiger partial charge in [0.05, 0.1) is 14.2 Å². The molecule has 0 radical (unpaired) electrons. The third-order valence-corrected chi connectivity index (χ3v) is 2.60. The van der Waals surface area contributed by atoms with Crippen molar-refractivity contribution in [1.29, 1.82) is 0 Å². The van der Waals surface area contributed by atoms with E-state index in [1.807, 2.05) is 0 Å². The highest BCUT2D eigenvalue weighted by Crippen LogP contribution is 2.38. The zero-order chi connectivity index (χ0) is 12.8. The van der Waals surface area contributed by atoms with E-state index in [1.54, 1.807) is 12.1 Å². The third-order valence-electron chi connectivity index (χ3n) is 2.60. The summed E-state index contributed by atoms with van der Waals surface area (Å²) in [5, 5.41) is 18.5. The maximum atomic E-state index is 9.74. The minimum atomic E-state index is -0.217. The monoisotopic (exact) mass is 241 g/mol. The van der Waals surface area contributed by atoms with Gasteiger partial charge < -0.3 is 25.4 Å². The Labute approximate surface area is 101 Å². The maximum Gasteiger partial charge on any atom is 0.200 e. The molecule has 4 N–H and O–H groups in total. The van der Waals surface area contributed by atoms with Gasteiger partial charge in [-0.2, -0.15) is 0 Å². The lowest BCUT2D eigenvalue weighted by Gasteiger charge is -2.15. The fourth-order valence-corrected chi connectivity index (χ4v) is 1.61. The molecule has 96 valence electrons. The lowest BCUT2D eigenvalue weighted by atomic mass is 10.0. The van der Waals surface area contributed by atoms with Crippen LogP contribution in [0.3, 0.4) is 0 Å². The van der Waals surface area contributed by atoms with Crippen molar-refractivity contribution in [3.8, 4) is 17.2 Å². The van der Waals surface area contributed by atoms with Crippen LogP contribution >= 0.6 is 0 Å². The quantitative estimate of drug-likeness (QED) is 0.696. The van der Waals surface area contributed by atoms with Gasteiger partial charge in [-0.15, -0.1) is 0 Å². The van der Waals surface area contributed by atoms with Gasteiger partial charge in [-0.1, -0.05) is 0 Å². The summed E-state index contributed by atoms with van der Waals surface area (Å²) in [6, 6.07) is 3.14. The van der Waals surface area contributed by atoms with E-state index in [1.165, 1.54) is 14.2 Å². The predicted molar refractivity (Wildman–Crippen MR) is 64.5 cm³/mol. The van der Waals surface area contributed by atoms with Crippen molar-refractivity contribution >= 4 is 0 Å². The van der Waals surface area contributed by atoms with E-state index in [-0.39, 0.29) is 18.4 Å². The fourth-order valence-electron chi connectivity index (χ4n) is 1.61. The molecule has 0 unspecified atom stereocenters. The SMILES string of the molecule is COc1cc([C@@H](N)CCCO)cc(OC)c1O. The first-order valence-electron chi connectivity index (χ1n) is 5.45. The predicted octanol–water partition coefficient (Wildman–Crippen LogP) is 1.18. The summed E-state index contributed by atoms with van der Waals surface area (Å²) >= 11 is 0. The number of phenols is 1. The molecular weight excluding hydrogens is 222 g/mol. The summed E-state index contributed by atoms with van der Waals surface area (Å²) in [4.78, 5) is 0. The first-order chi connectivity index (χ1) is 8.13. The van der Waals surface area contributed by atoms with Gasteiger partial charge in [0.2, 0.25) is 5.75 Å². The molecule has 1 atom stereocenters. The second kappa shape index (κ2) is 6.32. The number of hydrogen-bond acceptors (Lipinski definition) is 5. The average molecular weight is 241 g/mol. The standard InChI is InChI=1S/C12H19NO4/c1-16-10-6-8(9(13)4-3-5-14)7-11(17-2)12(10)15/h6-7,9,14-15H,3-5,13H2,1-2H3/t9-/m0/s1. The summed E-state index contributed by atoms with van der Waals surface area (Å²) in [5.74, 6) is 0.630. The summed E-state index contributed by atoms with van der Waals surface area (Å²) in [7, 11) is 2.94. The largest absolute Gasteiger partial charge is 0.502 e. The number of aliphatic hydroxyl groups excluding tert-OH is 1. The Morgan fingerprint density at radius 3 is 2.18 bits per heavy atom. The number of ether oxygens (including phenoxy) is 2. The van der Waals surface area contributed by atoms with Crippen LogP contribution in [0.4, 0.5) is 0 Å². The van der Waals surface area contributed by atoms with Crippen LogP contribution in [-0.2, 0) is 0 Å². The molecule has 0 aliphatic heterocycles. The molecule has 0 aliphatic rings. The molecule has 0 spiro atoms. The summed E-state index contributed by atoms with van der Waals surface area (Å²) in [6.45, 7) is 0.111. The Kier molecular flexibility index (Phi) is 5.06. The van der Waals surface area contributed by atoms with E-state index in [9.17, 15) is 5.11 Å². The van der Waals surface area contributed by atoms with E-state index in [4.69, 9.17) is 20.3 Å². The van der Waals surface area contributed by atoms with Crippen LogP contribution < -0.4 is 15.2 Å². The molecule has 1 rings (SSSR count). The number of aliphatic hydroxyl groups is 1. The zero-order valence-corrected chi connectivity index (χ0v) is 10.1. The highest BCUT2D eigenvalue weighted by molar-refractivity contribution is 5.53. The average Bonchev–Trinajstić information content (AvgIpc) is 2.36. The molecule has 0 bridgehead atoms. The normalized spacial score (nSPS) is 12.2. The second-order valence-corrected chi connectivity index (χ2v) is 3.75. The maximum absolute atomic E-state index is 9.74. The molecule has 0 aliphatic carbocycles. The number of nitrogens with two attached hydrogens (primary N) is 1. The first-order valence-corrected chi connectivity index (χ1v) is 5.45. The van der Waals surface area contributed by atoms with Crippen LogP contribution in [-0.4, -0.2) is 31.0 Å². The number of aromatic hydroxyl groups is 1. The summed E-state index contributed by atoms with van der Waals surface area (Å²) in [5.41, 5.74) is 6.78. The Hall–Kier alpha value is -1.46. The minimum absolute atomic E-state index is 0.0342. The molecule has 5 heteroatoms. The van der Waals surface area contributed by atoms with Crippen LogP contribution in [0.5, 0.6) is 17.2 Å². The van der Waals surface area contributed by atoms with Gasteiger partial charge in [-0.25, -0.2) is 0 Å². The molecule has 0 saturated heterocycles. The highest BCUT2D eigenvalue weighted by atomic mass is 16.5. The van der Waals surface area contributed by atoms with Gasteiger partial charge in [0.25, 0.3) is 0 Å². The zero-order valence-electron chi connectivity index (χ0n) is 10.1. The van der Waals surface area contributed by atoms with E-state index < -0.39 is 0 Å². The molecule has 0 saturated carbocycles. The van der Waals surface area contributed by atoms with Gasteiger partial charge >= 0.3 is 0 Å². The topological polar surface area (TPSA) is 84.9 Å². The van der Waals surface area contributed by atoms with Gasteiger partial charge in [0.1, 0.15) is 0 Å². The smallest absolute Gasteiger partial charge is 0.200 e. The Bertz CT molecular complexity index is 343. The number of rotatable bonds is 6. The Balaban J connectivity index is 2.99. The molecule has 0 fully saturated rings. The molecule has 0 amide bonds. The van der Waals surface area contributed by atoms with Crippen LogP contribution in [0.25, 0.3) is 0 Å². The first kappa shape index (κ1) is 13.6. The lowest BCUT2D eigenvalue weighted by Crippen LogP contribution is -2.11. The second-order valence-electron chi connectivity index (χ2n) is 3.75. The number of hydrogen-bond donors (Lipinski definition) is 3. The van der Waals surface area contributed by atoms with Crippen molar-refractivity contribution in [1.82, 2.24) is 0 Å². The molecule has 17 heavy (non-hydrogen) atoms. The van der Waals surface area contributed by atoms with Crippen molar-refractivity contribution in [3.05, 3.63) is 17.7 Å². The van der Waals surface area contributed by atoms with Crippen LogP contribution in [0.2, 0.25) is 0 Å². The van der Waals surface area contributed by atoms with Gasteiger partial charge in [-0.3, -0.25) is 0 Å².